The van der Waals surface area contributed by atoms with E-state index in [1.54, 1.807) is 17.6 Å². The van der Waals surface area contributed by atoms with Crippen LogP contribution in [0.4, 0.5) is 0 Å². The molecule has 2 aromatic rings. The van der Waals surface area contributed by atoms with Crippen molar-refractivity contribution in [2.75, 3.05) is 6.61 Å². The second kappa shape index (κ2) is 6.31. The van der Waals surface area contributed by atoms with Crippen LogP contribution in [0.3, 0.4) is 0 Å². The van der Waals surface area contributed by atoms with Crippen molar-refractivity contribution in [1.82, 2.24) is 5.32 Å². The van der Waals surface area contributed by atoms with Crippen molar-refractivity contribution in [3.05, 3.63) is 45.5 Å². The molecule has 3 unspecified atom stereocenters. The van der Waals surface area contributed by atoms with Crippen molar-refractivity contribution in [3.8, 4) is 0 Å². The maximum absolute atomic E-state index is 6.06. The van der Waals surface area contributed by atoms with Gasteiger partial charge in [0, 0.05) is 17.5 Å². The Morgan fingerprint density at radius 2 is 2.30 bits per heavy atom. The zero-order valence-electron chi connectivity index (χ0n) is 11.3. The fourth-order valence-corrected chi connectivity index (χ4v) is 3.74. The third-order valence-corrected chi connectivity index (χ3v) is 4.95. The van der Waals surface area contributed by atoms with Crippen molar-refractivity contribution >= 4 is 22.9 Å². The van der Waals surface area contributed by atoms with Crippen LogP contribution >= 0.6 is 22.9 Å². The van der Waals surface area contributed by atoms with E-state index in [2.05, 4.69) is 18.3 Å². The molecule has 2 aromatic heterocycles. The van der Waals surface area contributed by atoms with Crippen molar-refractivity contribution in [2.45, 2.75) is 38.0 Å². The number of rotatable bonds is 5. The van der Waals surface area contributed by atoms with Gasteiger partial charge in [0.15, 0.2) is 0 Å². The molecule has 0 bridgehead atoms. The zero-order valence-corrected chi connectivity index (χ0v) is 12.9. The van der Waals surface area contributed by atoms with Crippen molar-refractivity contribution in [1.29, 1.82) is 0 Å². The second-order valence-electron chi connectivity index (χ2n) is 5.10. The van der Waals surface area contributed by atoms with Crippen LogP contribution < -0.4 is 5.32 Å². The SMILES string of the molecule is CC(NC(c1ccco1)c1ccc(Cl)s1)C1CCCO1. The van der Waals surface area contributed by atoms with E-state index >= 15 is 0 Å². The van der Waals surface area contributed by atoms with E-state index in [1.165, 1.54) is 0 Å². The van der Waals surface area contributed by atoms with Gasteiger partial charge in [-0.1, -0.05) is 11.6 Å². The Hall–Kier alpha value is -0.810. The number of thiophene rings is 1. The van der Waals surface area contributed by atoms with Crippen LogP contribution in [0.1, 0.15) is 36.4 Å². The Bertz CT molecular complexity index is 534. The van der Waals surface area contributed by atoms with Crippen molar-refractivity contribution in [3.63, 3.8) is 0 Å². The van der Waals surface area contributed by atoms with Gasteiger partial charge in [-0.2, -0.15) is 0 Å². The van der Waals surface area contributed by atoms with Gasteiger partial charge in [0.1, 0.15) is 11.8 Å². The van der Waals surface area contributed by atoms with E-state index in [9.17, 15) is 0 Å². The van der Waals surface area contributed by atoms with Gasteiger partial charge in [-0.15, -0.1) is 11.3 Å². The number of furan rings is 1. The molecule has 0 aliphatic carbocycles. The average Bonchev–Trinajstić information content (AvgIpc) is 3.17. The number of hydrogen-bond donors (Lipinski definition) is 1. The minimum Gasteiger partial charge on any atom is -0.467 e. The first-order valence-corrected chi connectivity index (χ1v) is 8.10. The lowest BCUT2D eigenvalue weighted by atomic mass is 10.1. The maximum atomic E-state index is 6.06. The highest BCUT2D eigenvalue weighted by Gasteiger charge is 2.27. The Morgan fingerprint density at radius 1 is 1.40 bits per heavy atom. The highest BCUT2D eigenvalue weighted by Crippen LogP contribution is 2.32. The Labute approximate surface area is 127 Å². The van der Waals surface area contributed by atoms with E-state index in [0.717, 1.165) is 34.4 Å². The molecule has 108 valence electrons. The largest absolute Gasteiger partial charge is 0.467 e. The Morgan fingerprint density at radius 3 is 2.90 bits per heavy atom. The topological polar surface area (TPSA) is 34.4 Å². The monoisotopic (exact) mass is 311 g/mol. The third kappa shape index (κ3) is 3.09. The van der Waals surface area contributed by atoms with E-state index in [-0.39, 0.29) is 18.2 Å². The molecule has 0 amide bonds. The molecule has 1 aliphatic rings. The molecule has 0 spiro atoms. The molecule has 1 aliphatic heterocycles. The highest BCUT2D eigenvalue weighted by atomic mass is 35.5. The standard InChI is InChI=1S/C15H18ClNO2S/c1-10(11-4-2-8-18-11)17-15(12-5-3-9-19-12)13-6-7-14(16)20-13/h3,5-7,9-11,15,17H,2,4,8H2,1H3. The summed E-state index contributed by atoms with van der Waals surface area (Å²) in [6, 6.07) is 8.18. The van der Waals surface area contributed by atoms with E-state index < -0.39 is 0 Å². The Kier molecular flexibility index (Phi) is 4.46. The summed E-state index contributed by atoms with van der Waals surface area (Å²) in [6.07, 6.45) is 4.25. The molecule has 5 heteroatoms. The molecule has 1 N–H and O–H groups in total. The first-order valence-electron chi connectivity index (χ1n) is 6.90. The quantitative estimate of drug-likeness (QED) is 0.897. The summed E-state index contributed by atoms with van der Waals surface area (Å²) in [4.78, 5) is 1.16. The summed E-state index contributed by atoms with van der Waals surface area (Å²) < 4.78 is 12.1. The van der Waals surface area contributed by atoms with Gasteiger partial charge in [0.2, 0.25) is 0 Å². The minimum atomic E-state index is 0.0294. The predicted molar refractivity (Wildman–Crippen MR) is 81.5 cm³/mol. The van der Waals surface area contributed by atoms with Crippen LogP contribution in [-0.2, 0) is 4.74 Å². The highest BCUT2D eigenvalue weighted by molar-refractivity contribution is 7.16. The van der Waals surface area contributed by atoms with E-state index in [0.29, 0.717) is 0 Å². The molecular weight excluding hydrogens is 294 g/mol. The van der Waals surface area contributed by atoms with Gasteiger partial charge >= 0.3 is 0 Å². The maximum Gasteiger partial charge on any atom is 0.126 e. The third-order valence-electron chi connectivity index (χ3n) is 3.66. The molecule has 1 saturated heterocycles. The first kappa shape index (κ1) is 14.1. The summed E-state index contributed by atoms with van der Waals surface area (Å²) in [7, 11) is 0. The van der Waals surface area contributed by atoms with Crippen LogP contribution in [0.5, 0.6) is 0 Å². The second-order valence-corrected chi connectivity index (χ2v) is 6.84. The lowest BCUT2D eigenvalue weighted by molar-refractivity contribution is 0.0805. The average molecular weight is 312 g/mol. The molecule has 1 fully saturated rings. The lowest BCUT2D eigenvalue weighted by Crippen LogP contribution is -2.39. The van der Waals surface area contributed by atoms with Crippen LogP contribution in [0.15, 0.2) is 34.9 Å². The minimum absolute atomic E-state index is 0.0294. The van der Waals surface area contributed by atoms with Gasteiger partial charge in [-0.05, 0) is 44.0 Å². The normalized spacial score (nSPS) is 22.0. The van der Waals surface area contributed by atoms with Crippen molar-refractivity contribution < 1.29 is 9.15 Å². The zero-order chi connectivity index (χ0) is 13.9. The molecule has 3 heterocycles. The Balaban J connectivity index is 1.79. The number of nitrogens with one attached hydrogen (secondary N) is 1. The summed E-state index contributed by atoms with van der Waals surface area (Å²) in [5, 5.41) is 3.62. The van der Waals surface area contributed by atoms with Crippen LogP contribution in [0.25, 0.3) is 0 Å². The molecule has 3 nitrogen and oxygen atoms in total. The smallest absolute Gasteiger partial charge is 0.126 e. The fourth-order valence-electron chi connectivity index (χ4n) is 2.61. The number of ether oxygens (including phenoxy) is 1. The summed E-state index contributed by atoms with van der Waals surface area (Å²) in [5.41, 5.74) is 0. The van der Waals surface area contributed by atoms with Crippen LogP contribution in [0, 0.1) is 0 Å². The molecular formula is C15H18ClNO2S. The van der Waals surface area contributed by atoms with E-state index in [1.807, 2.05) is 18.2 Å². The molecule has 3 atom stereocenters. The van der Waals surface area contributed by atoms with E-state index in [4.69, 9.17) is 20.8 Å². The molecule has 0 saturated carbocycles. The summed E-state index contributed by atoms with van der Waals surface area (Å²) in [5.74, 6) is 0.911. The van der Waals surface area contributed by atoms with Gasteiger partial charge in [0.05, 0.1) is 16.7 Å². The van der Waals surface area contributed by atoms with Crippen molar-refractivity contribution in [2.24, 2.45) is 0 Å². The summed E-state index contributed by atoms with van der Waals surface area (Å²) in [6.45, 7) is 3.04. The van der Waals surface area contributed by atoms with Crippen LogP contribution in [0.2, 0.25) is 4.34 Å². The number of hydrogen-bond acceptors (Lipinski definition) is 4. The van der Waals surface area contributed by atoms with Gasteiger partial charge in [-0.3, -0.25) is 5.32 Å². The summed E-state index contributed by atoms with van der Waals surface area (Å²) >= 11 is 7.65. The molecule has 0 radical (unpaired) electrons. The number of halogens is 1. The first-order chi connectivity index (χ1) is 9.74. The van der Waals surface area contributed by atoms with Crippen LogP contribution in [-0.4, -0.2) is 18.8 Å². The fraction of sp³-hybridized carbons (Fsp3) is 0.467. The van der Waals surface area contributed by atoms with Gasteiger partial charge in [-0.25, -0.2) is 0 Å². The molecule has 3 rings (SSSR count). The lowest BCUT2D eigenvalue weighted by Gasteiger charge is -2.25. The molecule has 0 aromatic carbocycles. The predicted octanol–water partition coefficient (Wildman–Crippen LogP) is 4.24. The van der Waals surface area contributed by atoms with Gasteiger partial charge < -0.3 is 9.15 Å². The molecule has 20 heavy (non-hydrogen) atoms. The van der Waals surface area contributed by atoms with Gasteiger partial charge in [0.25, 0.3) is 0 Å².